The first-order valence-electron chi connectivity index (χ1n) is 7.27. The van der Waals surface area contributed by atoms with E-state index < -0.39 is 0 Å². The SMILES string of the molecule is COC(=O)C1C2CC[C@@H](C[C@@H]1c1ccc(Cl)c(Cl)c1)N2C. The lowest BCUT2D eigenvalue weighted by Crippen LogP contribution is -2.49. The van der Waals surface area contributed by atoms with Crippen LogP contribution in [0.1, 0.15) is 30.7 Å². The zero-order chi connectivity index (χ0) is 15.1. The summed E-state index contributed by atoms with van der Waals surface area (Å²) in [5, 5.41) is 1.09. The minimum atomic E-state index is -0.129. The van der Waals surface area contributed by atoms with Gasteiger partial charge < -0.3 is 4.74 Å². The molecule has 3 nitrogen and oxygen atoms in total. The molecule has 2 aliphatic heterocycles. The fraction of sp³-hybridized carbons (Fsp3) is 0.562. The van der Waals surface area contributed by atoms with Crippen LogP contribution in [0.15, 0.2) is 18.2 Å². The Bertz CT molecular complexity index is 563. The molecular weight excluding hydrogens is 309 g/mol. The Morgan fingerprint density at radius 1 is 1.29 bits per heavy atom. The minimum Gasteiger partial charge on any atom is -0.469 e. The Kier molecular flexibility index (Phi) is 4.17. The van der Waals surface area contributed by atoms with Crippen molar-refractivity contribution in [3.05, 3.63) is 33.8 Å². The summed E-state index contributed by atoms with van der Waals surface area (Å²) < 4.78 is 5.07. The van der Waals surface area contributed by atoms with Gasteiger partial charge in [-0.3, -0.25) is 9.69 Å². The summed E-state index contributed by atoms with van der Waals surface area (Å²) in [6, 6.07) is 6.49. The van der Waals surface area contributed by atoms with Gasteiger partial charge in [0.15, 0.2) is 0 Å². The van der Waals surface area contributed by atoms with Crippen molar-refractivity contribution in [2.45, 2.75) is 37.3 Å². The summed E-state index contributed by atoms with van der Waals surface area (Å²) in [5.41, 5.74) is 1.09. The molecule has 2 aliphatic rings. The number of hydrogen-bond acceptors (Lipinski definition) is 3. The van der Waals surface area contributed by atoms with Crippen LogP contribution >= 0.6 is 23.2 Å². The largest absolute Gasteiger partial charge is 0.469 e. The molecule has 21 heavy (non-hydrogen) atoms. The number of carbonyl (C=O) groups is 1. The predicted molar refractivity (Wildman–Crippen MR) is 83.9 cm³/mol. The average Bonchev–Trinajstić information content (AvgIpc) is 2.72. The van der Waals surface area contributed by atoms with E-state index in [-0.39, 0.29) is 23.8 Å². The molecule has 0 saturated carbocycles. The maximum atomic E-state index is 12.3. The number of hydrogen-bond donors (Lipinski definition) is 0. The highest BCUT2D eigenvalue weighted by Crippen LogP contribution is 2.47. The molecule has 0 spiro atoms. The Morgan fingerprint density at radius 3 is 2.71 bits per heavy atom. The standard InChI is InChI=1S/C16H19Cl2NO2/c1-19-10-4-6-14(19)15(16(20)21-2)11(8-10)9-3-5-12(17)13(18)7-9/h3,5,7,10-11,14-15H,4,6,8H2,1-2H3/t10-,11+,14?,15?/m0/s1. The zero-order valence-electron chi connectivity index (χ0n) is 12.2. The number of methoxy groups -OCH3 is 1. The molecule has 1 aromatic carbocycles. The van der Waals surface area contributed by atoms with Crippen molar-refractivity contribution in [2.75, 3.05) is 14.2 Å². The molecule has 0 radical (unpaired) electrons. The van der Waals surface area contributed by atoms with Crippen molar-refractivity contribution < 1.29 is 9.53 Å². The summed E-state index contributed by atoms with van der Waals surface area (Å²) in [4.78, 5) is 14.7. The lowest BCUT2D eigenvalue weighted by atomic mass is 9.76. The summed E-state index contributed by atoms with van der Waals surface area (Å²) in [5.74, 6) is -0.0971. The first kappa shape index (κ1) is 15.1. The molecule has 3 rings (SSSR count). The van der Waals surface area contributed by atoms with Crippen LogP contribution in [-0.4, -0.2) is 37.1 Å². The third kappa shape index (κ3) is 2.56. The van der Waals surface area contributed by atoms with E-state index in [1.54, 1.807) is 0 Å². The molecule has 5 heteroatoms. The normalized spacial score (nSPS) is 32.2. The van der Waals surface area contributed by atoms with Crippen LogP contribution in [0.5, 0.6) is 0 Å². The summed E-state index contributed by atoms with van der Waals surface area (Å²) in [6.45, 7) is 0. The summed E-state index contributed by atoms with van der Waals surface area (Å²) >= 11 is 12.2. The van der Waals surface area contributed by atoms with Crippen LogP contribution in [0, 0.1) is 5.92 Å². The Morgan fingerprint density at radius 2 is 2.05 bits per heavy atom. The van der Waals surface area contributed by atoms with Crippen molar-refractivity contribution in [3.8, 4) is 0 Å². The maximum absolute atomic E-state index is 12.3. The topological polar surface area (TPSA) is 29.5 Å². The number of nitrogens with zero attached hydrogens (tertiary/aromatic N) is 1. The molecule has 2 bridgehead atoms. The second-order valence-electron chi connectivity index (χ2n) is 6.03. The molecule has 114 valence electrons. The van der Waals surface area contributed by atoms with Crippen molar-refractivity contribution in [2.24, 2.45) is 5.92 Å². The van der Waals surface area contributed by atoms with E-state index in [1.165, 1.54) is 7.11 Å². The molecule has 2 heterocycles. The number of esters is 1. The molecule has 1 aromatic rings. The second-order valence-corrected chi connectivity index (χ2v) is 6.84. The second kappa shape index (κ2) is 5.79. The van der Waals surface area contributed by atoms with Gasteiger partial charge in [0.2, 0.25) is 0 Å². The molecule has 4 atom stereocenters. The van der Waals surface area contributed by atoms with Gasteiger partial charge in [-0.1, -0.05) is 29.3 Å². The monoisotopic (exact) mass is 327 g/mol. The van der Waals surface area contributed by atoms with Crippen molar-refractivity contribution >= 4 is 29.2 Å². The van der Waals surface area contributed by atoms with Gasteiger partial charge in [-0.2, -0.15) is 0 Å². The lowest BCUT2D eigenvalue weighted by Gasteiger charge is -2.41. The van der Waals surface area contributed by atoms with Gasteiger partial charge in [-0.05, 0) is 44.0 Å². The predicted octanol–water partition coefficient (Wildman–Crippen LogP) is 3.73. The first-order valence-corrected chi connectivity index (χ1v) is 8.03. The molecule has 0 N–H and O–H groups in total. The van der Waals surface area contributed by atoms with Crippen molar-refractivity contribution in [1.82, 2.24) is 4.90 Å². The Balaban J connectivity index is 1.98. The van der Waals surface area contributed by atoms with E-state index in [4.69, 9.17) is 27.9 Å². The number of carbonyl (C=O) groups excluding carboxylic acids is 1. The van der Waals surface area contributed by atoms with Gasteiger partial charge in [0, 0.05) is 18.0 Å². The van der Waals surface area contributed by atoms with E-state index in [1.807, 2.05) is 18.2 Å². The highest BCUT2D eigenvalue weighted by atomic mass is 35.5. The number of fused-ring (bicyclic) bond motifs is 2. The smallest absolute Gasteiger partial charge is 0.310 e. The summed E-state index contributed by atoms with van der Waals surface area (Å²) in [6.07, 6.45) is 3.16. The number of rotatable bonds is 2. The van der Waals surface area contributed by atoms with Gasteiger partial charge in [0.05, 0.1) is 23.1 Å². The number of piperidine rings is 1. The lowest BCUT2D eigenvalue weighted by molar-refractivity contribution is -0.150. The third-order valence-corrected chi connectivity index (χ3v) is 5.85. The van der Waals surface area contributed by atoms with Crippen LogP contribution in [0.2, 0.25) is 10.0 Å². The van der Waals surface area contributed by atoms with E-state index in [9.17, 15) is 4.79 Å². The fourth-order valence-electron chi connectivity index (χ4n) is 4.01. The van der Waals surface area contributed by atoms with E-state index in [2.05, 4.69) is 11.9 Å². The average molecular weight is 328 g/mol. The zero-order valence-corrected chi connectivity index (χ0v) is 13.7. The number of benzene rings is 1. The minimum absolute atomic E-state index is 0.122. The highest BCUT2D eigenvalue weighted by Gasteiger charge is 2.49. The Labute approximate surface area is 135 Å². The van der Waals surface area contributed by atoms with Crippen LogP contribution in [0.25, 0.3) is 0 Å². The first-order chi connectivity index (χ1) is 10.0. The van der Waals surface area contributed by atoms with E-state index in [0.717, 1.165) is 24.8 Å². The van der Waals surface area contributed by atoms with Crippen molar-refractivity contribution in [3.63, 3.8) is 0 Å². The molecule has 2 saturated heterocycles. The maximum Gasteiger partial charge on any atom is 0.310 e. The van der Waals surface area contributed by atoms with E-state index in [0.29, 0.717) is 16.1 Å². The van der Waals surface area contributed by atoms with Gasteiger partial charge in [0.25, 0.3) is 0 Å². The van der Waals surface area contributed by atoms with Gasteiger partial charge >= 0.3 is 5.97 Å². The fourth-order valence-corrected chi connectivity index (χ4v) is 4.32. The van der Waals surface area contributed by atoms with Gasteiger partial charge in [-0.25, -0.2) is 0 Å². The number of ether oxygens (including phenoxy) is 1. The summed E-state index contributed by atoms with van der Waals surface area (Å²) in [7, 11) is 3.58. The Hall–Kier alpha value is -0.770. The highest BCUT2D eigenvalue weighted by molar-refractivity contribution is 6.42. The van der Waals surface area contributed by atoms with Crippen LogP contribution in [-0.2, 0) is 9.53 Å². The molecule has 2 unspecified atom stereocenters. The van der Waals surface area contributed by atoms with Gasteiger partial charge in [0.1, 0.15) is 0 Å². The molecular formula is C16H19Cl2NO2. The quantitative estimate of drug-likeness (QED) is 0.775. The molecule has 0 amide bonds. The molecule has 0 aromatic heterocycles. The van der Waals surface area contributed by atoms with Crippen LogP contribution in [0.4, 0.5) is 0 Å². The van der Waals surface area contributed by atoms with Gasteiger partial charge in [-0.15, -0.1) is 0 Å². The molecule has 0 aliphatic carbocycles. The van der Waals surface area contributed by atoms with E-state index >= 15 is 0 Å². The number of halogens is 2. The van der Waals surface area contributed by atoms with Crippen LogP contribution < -0.4 is 0 Å². The van der Waals surface area contributed by atoms with Crippen LogP contribution in [0.3, 0.4) is 0 Å². The van der Waals surface area contributed by atoms with Crippen molar-refractivity contribution in [1.29, 1.82) is 0 Å². The molecule has 2 fully saturated rings. The third-order valence-electron chi connectivity index (χ3n) is 5.11.